The van der Waals surface area contributed by atoms with Crippen molar-refractivity contribution >= 4 is 34.7 Å². The van der Waals surface area contributed by atoms with E-state index in [1.165, 1.54) is 11.3 Å². The summed E-state index contributed by atoms with van der Waals surface area (Å²) >= 11 is 7.49. The molecule has 0 spiro atoms. The molecule has 24 heavy (non-hydrogen) atoms. The third-order valence-corrected chi connectivity index (χ3v) is 5.63. The molecule has 1 fully saturated rings. The molecule has 0 aliphatic carbocycles. The third kappa shape index (κ3) is 3.88. The Bertz CT molecular complexity index is 717. The fourth-order valence-corrected chi connectivity index (χ4v) is 3.78. The minimum Gasteiger partial charge on any atom is -0.375 e. The Labute approximate surface area is 150 Å². The quantitative estimate of drug-likeness (QED) is 0.903. The van der Waals surface area contributed by atoms with E-state index in [1.54, 1.807) is 6.20 Å². The van der Waals surface area contributed by atoms with Gasteiger partial charge in [-0.3, -0.25) is 4.79 Å². The number of anilines is 1. The van der Waals surface area contributed by atoms with Crippen LogP contribution in [0, 0.1) is 6.92 Å². The maximum atomic E-state index is 12.2. The highest BCUT2D eigenvalue weighted by Crippen LogP contribution is 2.27. The van der Waals surface area contributed by atoms with Crippen LogP contribution in [0.3, 0.4) is 0 Å². The number of aromatic nitrogens is 1. The lowest BCUT2D eigenvalue weighted by Gasteiger charge is -2.32. The molecule has 1 aliphatic heterocycles. The number of aryl methyl sites for hydroxylation is 1. The Balaban J connectivity index is 1.58. The van der Waals surface area contributed by atoms with Gasteiger partial charge >= 0.3 is 0 Å². The van der Waals surface area contributed by atoms with Crippen molar-refractivity contribution in [2.75, 3.05) is 24.6 Å². The number of ether oxygens (including phenoxy) is 1. The number of morpholine rings is 1. The first kappa shape index (κ1) is 17.2. The summed E-state index contributed by atoms with van der Waals surface area (Å²) in [5.41, 5.74) is 1.88. The maximum absolute atomic E-state index is 12.2. The second kappa shape index (κ2) is 7.51. The van der Waals surface area contributed by atoms with Crippen LogP contribution in [0.4, 0.5) is 5.82 Å². The maximum Gasteiger partial charge on any atom is 0.263 e. The Morgan fingerprint density at radius 1 is 1.54 bits per heavy atom. The van der Waals surface area contributed by atoms with Crippen molar-refractivity contribution in [1.82, 2.24) is 10.3 Å². The van der Waals surface area contributed by atoms with Crippen molar-refractivity contribution in [3.63, 3.8) is 0 Å². The van der Waals surface area contributed by atoms with Crippen LogP contribution in [-0.2, 0) is 11.3 Å². The van der Waals surface area contributed by atoms with Crippen molar-refractivity contribution in [2.24, 2.45) is 0 Å². The Morgan fingerprint density at radius 3 is 3.00 bits per heavy atom. The largest absolute Gasteiger partial charge is 0.375 e. The van der Waals surface area contributed by atoms with Crippen molar-refractivity contribution in [3.8, 4) is 0 Å². The normalized spacial score (nSPS) is 17.8. The molecule has 1 atom stereocenters. The van der Waals surface area contributed by atoms with E-state index in [-0.39, 0.29) is 12.0 Å². The number of carbonyl (C=O) groups is 1. The molecule has 1 aliphatic rings. The van der Waals surface area contributed by atoms with Crippen LogP contribution in [-0.4, -0.2) is 36.7 Å². The summed E-state index contributed by atoms with van der Waals surface area (Å²) in [4.78, 5) is 19.4. The summed E-state index contributed by atoms with van der Waals surface area (Å²) < 4.78 is 5.54. The van der Waals surface area contributed by atoms with Crippen LogP contribution >= 0.6 is 22.9 Å². The predicted molar refractivity (Wildman–Crippen MR) is 97.1 cm³/mol. The van der Waals surface area contributed by atoms with E-state index in [0.717, 1.165) is 36.6 Å². The van der Waals surface area contributed by atoms with Gasteiger partial charge in [0.15, 0.2) is 0 Å². The van der Waals surface area contributed by atoms with E-state index in [9.17, 15) is 4.79 Å². The zero-order valence-electron chi connectivity index (χ0n) is 13.7. The Hall–Kier alpha value is -1.63. The summed E-state index contributed by atoms with van der Waals surface area (Å²) in [7, 11) is 0. The van der Waals surface area contributed by atoms with E-state index >= 15 is 0 Å². The van der Waals surface area contributed by atoms with Gasteiger partial charge in [-0.1, -0.05) is 17.7 Å². The summed E-state index contributed by atoms with van der Waals surface area (Å²) in [5, 5.41) is 5.31. The van der Waals surface area contributed by atoms with Gasteiger partial charge in [-0.2, -0.15) is 0 Å². The highest BCUT2D eigenvalue weighted by atomic mass is 35.5. The topological polar surface area (TPSA) is 54.5 Å². The molecule has 1 unspecified atom stereocenters. The third-order valence-electron chi connectivity index (χ3n) is 3.93. The molecule has 0 saturated carbocycles. The molecule has 0 bridgehead atoms. The van der Waals surface area contributed by atoms with Gasteiger partial charge in [0.1, 0.15) is 10.7 Å². The SMILES string of the molecule is Cc1csc(C(=O)NCc2ccc(N3CCOC(C)C3)nc2)c1Cl. The molecule has 1 saturated heterocycles. The number of pyridine rings is 1. The van der Waals surface area contributed by atoms with Crippen LogP contribution in [0.1, 0.15) is 27.7 Å². The van der Waals surface area contributed by atoms with Crippen LogP contribution < -0.4 is 10.2 Å². The van der Waals surface area contributed by atoms with Crippen LogP contribution in [0.2, 0.25) is 5.02 Å². The molecule has 2 aromatic rings. The fourth-order valence-electron chi connectivity index (χ4n) is 2.58. The molecule has 3 heterocycles. The van der Waals surface area contributed by atoms with E-state index in [1.807, 2.05) is 24.4 Å². The standard InChI is InChI=1S/C17H20ClN3O2S/c1-11-10-24-16(15(11)18)17(22)20-8-13-3-4-14(19-7-13)21-5-6-23-12(2)9-21/h3-4,7,10,12H,5-6,8-9H2,1-2H3,(H,20,22). The molecule has 0 radical (unpaired) electrons. The van der Waals surface area contributed by atoms with Gasteiger partial charge in [0, 0.05) is 25.8 Å². The minimum absolute atomic E-state index is 0.149. The van der Waals surface area contributed by atoms with Crippen LogP contribution in [0.25, 0.3) is 0 Å². The molecule has 1 N–H and O–H groups in total. The lowest BCUT2D eigenvalue weighted by molar-refractivity contribution is 0.0529. The summed E-state index contributed by atoms with van der Waals surface area (Å²) in [5.74, 6) is 0.793. The van der Waals surface area contributed by atoms with Gasteiger partial charge in [-0.05, 0) is 36.4 Å². The number of hydrogen-bond acceptors (Lipinski definition) is 5. The number of amides is 1. The number of thiophene rings is 1. The second-order valence-electron chi connectivity index (χ2n) is 5.90. The van der Waals surface area contributed by atoms with Crippen molar-refractivity contribution < 1.29 is 9.53 Å². The molecule has 5 nitrogen and oxygen atoms in total. The number of rotatable bonds is 4. The molecule has 2 aromatic heterocycles. The lowest BCUT2D eigenvalue weighted by Crippen LogP contribution is -2.41. The van der Waals surface area contributed by atoms with Crippen molar-refractivity contribution in [3.05, 3.63) is 44.7 Å². The number of hydrogen-bond donors (Lipinski definition) is 1. The van der Waals surface area contributed by atoms with E-state index in [2.05, 4.69) is 22.1 Å². The van der Waals surface area contributed by atoms with Crippen molar-refractivity contribution in [1.29, 1.82) is 0 Å². The number of carbonyl (C=O) groups excluding carboxylic acids is 1. The van der Waals surface area contributed by atoms with Gasteiger partial charge in [-0.15, -0.1) is 11.3 Å². The van der Waals surface area contributed by atoms with E-state index in [4.69, 9.17) is 16.3 Å². The summed E-state index contributed by atoms with van der Waals surface area (Å²) in [6.07, 6.45) is 2.02. The smallest absolute Gasteiger partial charge is 0.263 e. The summed E-state index contributed by atoms with van der Waals surface area (Å²) in [6.45, 7) is 6.81. The Kier molecular flexibility index (Phi) is 5.38. The molecule has 3 rings (SSSR count). The van der Waals surface area contributed by atoms with Crippen LogP contribution in [0.5, 0.6) is 0 Å². The number of halogens is 1. The van der Waals surface area contributed by atoms with Gasteiger partial charge < -0.3 is 15.0 Å². The fraction of sp³-hybridized carbons (Fsp3) is 0.412. The van der Waals surface area contributed by atoms with E-state index in [0.29, 0.717) is 16.4 Å². The molecule has 0 aromatic carbocycles. The highest BCUT2D eigenvalue weighted by Gasteiger charge is 2.18. The van der Waals surface area contributed by atoms with Gasteiger partial charge in [0.05, 0.1) is 17.7 Å². The number of nitrogens with one attached hydrogen (secondary N) is 1. The Morgan fingerprint density at radius 2 is 2.38 bits per heavy atom. The number of nitrogens with zero attached hydrogens (tertiary/aromatic N) is 2. The summed E-state index contributed by atoms with van der Waals surface area (Å²) in [6, 6.07) is 3.98. The van der Waals surface area contributed by atoms with Gasteiger partial charge in [-0.25, -0.2) is 4.98 Å². The molecular weight excluding hydrogens is 346 g/mol. The van der Waals surface area contributed by atoms with Crippen molar-refractivity contribution in [2.45, 2.75) is 26.5 Å². The zero-order chi connectivity index (χ0) is 17.1. The monoisotopic (exact) mass is 365 g/mol. The van der Waals surface area contributed by atoms with Gasteiger partial charge in [0.2, 0.25) is 0 Å². The second-order valence-corrected chi connectivity index (χ2v) is 7.15. The first-order valence-corrected chi connectivity index (χ1v) is 9.13. The van der Waals surface area contributed by atoms with E-state index < -0.39 is 0 Å². The predicted octanol–water partition coefficient (Wildman–Crippen LogP) is 3.26. The minimum atomic E-state index is -0.149. The average Bonchev–Trinajstić information content (AvgIpc) is 2.92. The first-order valence-electron chi connectivity index (χ1n) is 7.88. The molecular formula is C17H20ClN3O2S. The van der Waals surface area contributed by atoms with Crippen LogP contribution in [0.15, 0.2) is 23.7 Å². The lowest BCUT2D eigenvalue weighted by atomic mass is 10.2. The average molecular weight is 366 g/mol. The molecule has 1 amide bonds. The molecule has 7 heteroatoms. The first-order chi connectivity index (χ1) is 11.5. The van der Waals surface area contributed by atoms with Gasteiger partial charge in [0.25, 0.3) is 5.91 Å². The zero-order valence-corrected chi connectivity index (χ0v) is 15.3. The highest BCUT2D eigenvalue weighted by molar-refractivity contribution is 7.13. The molecule has 128 valence electrons.